The monoisotopic (exact) mass is 402 g/mol. The number of hydrogen-bond donors (Lipinski definition) is 1. The van der Waals surface area contributed by atoms with E-state index in [2.05, 4.69) is 6.07 Å². The first kappa shape index (κ1) is 18.1. The normalized spacial score (nSPS) is 17.9. The zero-order valence-corrected chi connectivity index (χ0v) is 16.2. The first-order valence-corrected chi connectivity index (χ1v) is 9.58. The van der Waals surface area contributed by atoms with Crippen LogP contribution in [0.3, 0.4) is 0 Å². The van der Waals surface area contributed by atoms with Crippen molar-refractivity contribution in [3.8, 4) is 23.3 Å². The van der Waals surface area contributed by atoms with Crippen LogP contribution in [-0.2, 0) is 6.42 Å². The van der Waals surface area contributed by atoms with Crippen LogP contribution in [0.2, 0.25) is 0 Å². The Balaban J connectivity index is 1.61. The van der Waals surface area contributed by atoms with Crippen LogP contribution in [0.1, 0.15) is 24.0 Å². The molecule has 2 N–H and O–H groups in total. The molecule has 2 aliphatic rings. The number of nitriles is 1. The van der Waals surface area contributed by atoms with E-state index in [0.29, 0.717) is 40.2 Å². The van der Waals surface area contributed by atoms with Crippen molar-refractivity contribution < 1.29 is 18.6 Å². The number of para-hydroxylation sites is 1. The van der Waals surface area contributed by atoms with Gasteiger partial charge in [0.15, 0.2) is 17.2 Å². The summed E-state index contributed by atoms with van der Waals surface area (Å²) < 4.78 is 22.1. The molecule has 2 aromatic carbocycles. The number of ether oxygens (including phenoxy) is 3. The Morgan fingerprint density at radius 2 is 2.00 bits per heavy atom. The topological polar surface area (TPSA) is 108 Å². The Morgan fingerprint density at radius 3 is 2.83 bits per heavy atom. The minimum absolute atomic E-state index is 0.0169. The van der Waals surface area contributed by atoms with Gasteiger partial charge < -0.3 is 24.4 Å². The summed E-state index contributed by atoms with van der Waals surface area (Å²) in [6, 6.07) is 15.0. The third kappa shape index (κ3) is 2.77. The Kier molecular flexibility index (Phi) is 4.14. The third-order valence-corrected chi connectivity index (χ3v) is 5.58. The molecule has 3 aromatic rings. The van der Waals surface area contributed by atoms with Gasteiger partial charge in [0.05, 0.1) is 16.5 Å². The minimum atomic E-state index is -0.551. The van der Waals surface area contributed by atoms with Crippen molar-refractivity contribution in [1.29, 1.82) is 5.26 Å². The Labute approximate surface area is 171 Å². The van der Waals surface area contributed by atoms with Crippen LogP contribution in [0.15, 0.2) is 63.1 Å². The molecule has 0 spiro atoms. The maximum absolute atomic E-state index is 12.9. The quantitative estimate of drug-likeness (QED) is 0.667. The number of benzene rings is 2. The van der Waals surface area contributed by atoms with Gasteiger partial charge in [-0.3, -0.25) is 0 Å². The van der Waals surface area contributed by atoms with Gasteiger partial charge in [-0.1, -0.05) is 25.1 Å². The van der Waals surface area contributed by atoms with Gasteiger partial charge in [0.1, 0.15) is 11.7 Å². The first-order chi connectivity index (χ1) is 14.6. The summed E-state index contributed by atoms with van der Waals surface area (Å²) in [6.07, 6.45) is 0.589. The summed E-state index contributed by atoms with van der Waals surface area (Å²) in [5.74, 6) is 1.09. The predicted molar refractivity (Wildman–Crippen MR) is 108 cm³/mol. The molecular weight excluding hydrogens is 384 g/mol. The molecule has 0 aliphatic carbocycles. The molecule has 150 valence electrons. The highest BCUT2D eigenvalue weighted by atomic mass is 16.7. The summed E-state index contributed by atoms with van der Waals surface area (Å²) in [7, 11) is 0. The summed E-state index contributed by atoms with van der Waals surface area (Å²) in [5, 5.41) is 10.4. The highest BCUT2D eigenvalue weighted by molar-refractivity contribution is 5.85. The highest BCUT2D eigenvalue weighted by Crippen LogP contribution is 2.44. The average molecular weight is 402 g/mol. The second-order valence-electron chi connectivity index (χ2n) is 7.47. The van der Waals surface area contributed by atoms with E-state index < -0.39 is 11.5 Å². The van der Waals surface area contributed by atoms with Crippen LogP contribution >= 0.6 is 0 Å². The molecule has 7 nitrogen and oxygen atoms in total. The number of allylic oxidation sites excluding steroid dienone is 1. The van der Waals surface area contributed by atoms with E-state index in [1.807, 2.05) is 31.2 Å². The average Bonchev–Trinajstić information content (AvgIpc) is 3.20. The predicted octanol–water partition coefficient (Wildman–Crippen LogP) is 3.57. The number of nitrogens with two attached hydrogens (primary N) is 1. The largest absolute Gasteiger partial charge is 0.454 e. The van der Waals surface area contributed by atoms with Crippen LogP contribution in [0, 0.1) is 17.2 Å². The Morgan fingerprint density at radius 1 is 1.20 bits per heavy atom. The third-order valence-electron chi connectivity index (χ3n) is 5.58. The summed E-state index contributed by atoms with van der Waals surface area (Å²) >= 11 is 0. The van der Waals surface area contributed by atoms with Crippen molar-refractivity contribution in [3.05, 3.63) is 75.5 Å². The zero-order chi connectivity index (χ0) is 20.8. The van der Waals surface area contributed by atoms with Gasteiger partial charge in [-0.2, -0.15) is 5.26 Å². The van der Waals surface area contributed by atoms with E-state index in [0.717, 1.165) is 5.56 Å². The first-order valence-electron chi connectivity index (χ1n) is 9.58. The molecule has 0 amide bonds. The van der Waals surface area contributed by atoms with E-state index in [9.17, 15) is 10.1 Å². The fourth-order valence-corrected chi connectivity index (χ4v) is 4.23. The maximum Gasteiger partial charge on any atom is 0.343 e. The molecule has 0 fully saturated rings. The van der Waals surface area contributed by atoms with Crippen molar-refractivity contribution in [2.45, 2.75) is 19.3 Å². The molecule has 2 atom stereocenters. The second kappa shape index (κ2) is 6.85. The molecule has 5 rings (SSSR count). The molecule has 1 aromatic heterocycles. The fourth-order valence-electron chi connectivity index (χ4n) is 4.23. The van der Waals surface area contributed by atoms with Gasteiger partial charge in [-0.25, -0.2) is 4.79 Å². The minimum Gasteiger partial charge on any atom is -0.454 e. The van der Waals surface area contributed by atoms with Gasteiger partial charge >= 0.3 is 5.63 Å². The number of hydrogen-bond acceptors (Lipinski definition) is 7. The summed E-state index contributed by atoms with van der Waals surface area (Å²) in [4.78, 5) is 12.9. The molecule has 2 unspecified atom stereocenters. The lowest BCUT2D eigenvalue weighted by Crippen LogP contribution is -2.29. The van der Waals surface area contributed by atoms with Gasteiger partial charge in [0, 0.05) is 5.92 Å². The fraction of sp³-hybridized carbons (Fsp3) is 0.217. The smallest absolute Gasteiger partial charge is 0.343 e. The highest BCUT2D eigenvalue weighted by Gasteiger charge is 2.37. The molecule has 30 heavy (non-hydrogen) atoms. The molecule has 2 aliphatic heterocycles. The van der Waals surface area contributed by atoms with Gasteiger partial charge in [0.25, 0.3) is 0 Å². The number of rotatable bonds is 3. The van der Waals surface area contributed by atoms with E-state index in [1.165, 1.54) is 0 Å². The Bertz CT molecular complexity index is 1300. The van der Waals surface area contributed by atoms with E-state index in [1.54, 1.807) is 18.2 Å². The molecule has 3 heterocycles. The van der Waals surface area contributed by atoms with Gasteiger partial charge in [-0.05, 0) is 42.2 Å². The summed E-state index contributed by atoms with van der Waals surface area (Å²) in [6.45, 7) is 2.18. The standard InChI is InChI=1S/C23H18N2O5/c1-12(8-13-6-7-17-18(9-13)28-11-27-17)19-15(10-24)22(25)30-21-14-4-2-3-5-16(14)29-23(26)20(19)21/h2-7,9,12,19H,8,11,25H2,1H3. The lowest BCUT2D eigenvalue weighted by molar-refractivity contribution is 0.174. The van der Waals surface area contributed by atoms with Crippen molar-refractivity contribution in [3.63, 3.8) is 0 Å². The second-order valence-corrected chi connectivity index (χ2v) is 7.47. The zero-order valence-electron chi connectivity index (χ0n) is 16.2. The van der Waals surface area contributed by atoms with Crippen LogP contribution in [0.25, 0.3) is 11.0 Å². The molecule has 0 bridgehead atoms. The van der Waals surface area contributed by atoms with Gasteiger partial charge in [-0.15, -0.1) is 0 Å². The van der Waals surface area contributed by atoms with Crippen LogP contribution in [-0.4, -0.2) is 6.79 Å². The van der Waals surface area contributed by atoms with E-state index in [4.69, 9.17) is 24.4 Å². The van der Waals surface area contributed by atoms with Crippen molar-refractivity contribution in [1.82, 2.24) is 0 Å². The van der Waals surface area contributed by atoms with E-state index in [-0.39, 0.29) is 24.2 Å². The summed E-state index contributed by atoms with van der Waals surface area (Å²) in [5.41, 5.74) is 7.56. The molecule has 0 saturated heterocycles. The number of fused-ring (bicyclic) bond motifs is 4. The van der Waals surface area contributed by atoms with Crippen molar-refractivity contribution in [2.75, 3.05) is 6.79 Å². The van der Waals surface area contributed by atoms with Crippen LogP contribution in [0.4, 0.5) is 0 Å². The van der Waals surface area contributed by atoms with Gasteiger partial charge in [0.2, 0.25) is 12.7 Å². The maximum atomic E-state index is 12.9. The Hall–Kier alpha value is -3.92. The molecule has 7 heteroatoms. The molecule has 0 saturated carbocycles. The lowest BCUT2D eigenvalue weighted by atomic mass is 9.78. The van der Waals surface area contributed by atoms with Crippen LogP contribution in [0.5, 0.6) is 17.2 Å². The molecule has 0 radical (unpaired) electrons. The SMILES string of the molecule is CC(Cc1ccc2c(c1)OCO2)C1C(C#N)=C(N)Oc2c1c(=O)oc1ccccc21. The van der Waals surface area contributed by atoms with E-state index >= 15 is 0 Å². The number of nitrogens with zero attached hydrogens (tertiary/aromatic N) is 1. The van der Waals surface area contributed by atoms with Crippen molar-refractivity contribution >= 4 is 11.0 Å². The molecular formula is C23H18N2O5. The lowest BCUT2D eigenvalue weighted by Gasteiger charge is -2.29. The van der Waals surface area contributed by atoms with Crippen LogP contribution < -0.4 is 25.6 Å². The van der Waals surface area contributed by atoms with Crippen molar-refractivity contribution in [2.24, 2.45) is 11.7 Å².